The highest BCUT2D eigenvalue weighted by Crippen LogP contribution is 2.42. The molecule has 9 heteroatoms. The summed E-state index contributed by atoms with van der Waals surface area (Å²) in [6, 6.07) is 6.41. The molecule has 168 valence electrons. The van der Waals surface area contributed by atoms with Crippen molar-refractivity contribution in [2.45, 2.75) is 76.1 Å². The molecule has 2 heterocycles. The van der Waals surface area contributed by atoms with Crippen LogP contribution in [0.15, 0.2) is 30.6 Å². The molecule has 1 aliphatic heterocycles. The molecule has 1 saturated heterocycles. The van der Waals surface area contributed by atoms with Crippen LogP contribution in [0, 0.1) is 5.82 Å². The number of ether oxygens (including phenoxy) is 1. The molecule has 2 fully saturated rings. The number of aromatic nitrogens is 4. The largest absolute Gasteiger partial charge is 0.444 e. The maximum Gasteiger partial charge on any atom is 0.410 e. The minimum atomic E-state index is -0.391. The van der Waals surface area contributed by atoms with E-state index in [1.807, 2.05) is 25.7 Å². The van der Waals surface area contributed by atoms with Crippen LogP contribution in [0.5, 0.6) is 0 Å². The van der Waals surface area contributed by atoms with Crippen LogP contribution < -0.4 is 5.32 Å². The number of piperidine rings is 1. The molecule has 1 amide bonds. The average Bonchev–Trinajstić information content (AvgIpc) is 3.38. The molecular formula is C22H31FN6O2. The number of hydrogen-bond acceptors (Lipinski definition) is 6. The van der Waals surface area contributed by atoms with Gasteiger partial charge in [-0.05, 0) is 81.8 Å². The maximum atomic E-state index is 13.4. The predicted molar refractivity (Wildman–Crippen MR) is 113 cm³/mol. The first-order valence-electron chi connectivity index (χ1n) is 11.0. The summed E-state index contributed by atoms with van der Waals surface area (Å²) in [5.74, 6) is -0.144. The first-order chi connectivity index (χ1) is 14.8. The molecule has 31 heavy (non-hydrogen) atoms. The number of carbonyl (C=O) groups excluding carboxylic acids is 1. The number of benzene rings is 1. The fraction of sp³-hybridized carbons (Fsp3) is 0.636. The third-order valence-electron chi connectivity index (χ3n) is 6.28. The van der Waals surface area contributed by atoms with Crippen molar-refractivity contribution in [2.24, 2.45) is 0 Å². The molecule has 4 atom stereocenters. The molecule has 1 N–H and O–H groups in total. The summed E-state index contributed by atoms with van der Waals surface area (Å²) >= 11 is 0. The Labute approximate surface area is 182 Å². The second-order valence-electron chi connectivity index (χ2n) is 9.51. The zero-order valence-corrected chi connectivity index (χ0v) is 18.4. The van der Waals surface area contributed by atoms with Crippen LogP contribution in [0.3, 0.4) is 0 Å². The lowest BCUT2D eigenvalue weighted by Crippen LogP contribution is -2.57. The Morgan fingerprint density at radius 2 is 2.03 bits per heavy atom. The van der Waals surface area contributed by atoms with Crippen molar-refractivity contribution in [1.29, 1.82) is 0 Å². The van der Waals surface area contributed by atoms with Crippen molar-refractivity contribution < 1.29 is 13.9 Å². The number of nitrogens with zero attached hydrogens (tertiary/aromatic N) is 5. The van der Waals surface area contributed by atoms with Crippen LogP contribution in [0.1, 0.15) is 64.0 Å². The number of carbonyl (C=O) groups is 1. The first kappa shape index (κ1) is 21.7. The predicted octanol–water partition coefficient (Wildman–Crippen LogP) is 3.29. The third kappa shape index (κ3) is 4.87. The van der Waals surface area contributed by atoms with Gasteiger partial charge in [-0.3, -0.25) is 4.90 Å². The van der Waals surface area contributed by atoms with Gasteiger partial charge in [-0.1, -0.05) is 12.1 Å². The molecule has 1 aromatic heterocycles. The van der Waals surface area contributed by atoms with E-state index in [2.05, 4.69) is 20.7 Å². The Balaban J connectivity index is 1.54. The summed E-state index contributed by atoms with van der Waals surface area (Å²) in [7, 11) is 0. The quantitative estimate of drug-likeness (QED) is 0.801. The van der Waals surface area contributed by atoms with Gasteiger partial charge in [0.05, 0.1) is 0 Å². The van der Waals surface area contributed by atoms with Crippen molar-refractivity contribution in [2.75, 3.05) is 13.1 Å². The van der Waals surface area contributed by atoms with Gasteiger partial charge in [-0.15, -0.1) is 10.2 Å². The summed E-state index contributed by atoms with van der Waals surface area (Å²) in [5.41, 5.74) is 0.658. The second-order valence-corrected chi connectivity index (χ2v) is 9.51. The third-order valence-corrected chi connectivity index (χ3v) is 6.28. The van der Waals surface area contributed by atoms with Crippen molar-refractivity contribution in [3.05, 3.63) is 42.0 Å². The van der Waals surface area contributed by atoms with Gasteiger partial charge in [0, 0.05) is 18.1 Å². The zero-order chi connectivity index (χ0) is 22.0. The van der Waals surface area contributed by atoms with Gasteiger partial charge >= 0.3 is 6.09 Å². The van der Waals surface area contributed by atoms with E-state index in [4.69, 9.17) is 4.74 Å². The lowest BCUT2D eigenvalue weighted by Gasteiger charge is -2.43. The highest BCUT2D eigenvalue weighted by Gasteiger charge is 2.43. The molecule has 3 unspecified atom stereocenters. The summed E-state index contributed by atoms with van der Waals surface area (Å²) < 4.78 is 19.5. The van der Waals surface area contributed by atoms with Crippen LogP contribution in [0.2, 0.25) is 0 Å². The lowest BCUT2D eigenvalue weighted by molar-refractivity contribution is 0.00256. The van der Waals surface area contributed by atoms with Gasteiger partial charge in [0.1, 0.15) is 18.0 Å². The Morgan fingerprint density at radius 3 is 2.65 bits per heavy atom. The average molecular weight is 431 g/mol. The SMILES string of the molecule is CC(C)(C)N(C(=O)O[C@@H]1CC(c2ccc(F)cc2)CC1n1ncnn1)C1CCCNC1. The minimum Gasteiger partial charge on any atom is -0.444 e. The number of amides is 1. The van der Waals surface area contributed by atoms with Crippen LogP contribution in [0.4, 0.5) is 9.18 Å². The van der Waals surface area contributed by atoms with E-state index in [1.54, 1.807) is 12.1 Å². The first-order valence-corrected chi connectivity index (χ1v) is 11.0. The Morgan fingerprint density at radius 1 is 1.26 bits per heavy atom. The summed E-state index contributed by atoms with van der Waals surface area (Å²) in [5, 5.41) is 15.5. The highest BCUT2D eigenvalue weighted by atomic mass is 19.1. The van der Waals surface area contributed by atoms with Crippen molar-refractivity contribution >= 4 is 6.09 Å². The molecule has 0 spiro atoms. The molecule has 0 radical (unpaired) electrons. The van der Waals surface area contributed by atoms with Crippen LogP contribution >= 0.6 is 0 Å². The van der Waals surface area contributed by atoms with Gasteiger partial charge in [-0.2, -0.15) is 4.80 Å². The summed E-state index contributed by atoms with van der Waals surface area (Å²) in [4.78, 5) is 16.8. The normalized spacial score (nSPS) is 26.6. The van der Waals surface area contributed by atoms with E-state index in [9.17, 15) is 9.18 Å². The highest BCUT2D eigenvalue weighted by molar-refractivity contribution is 5.69. The Bertz CT molecular complexity index is 861. The monoisotopic (exact) mass is 430 g/mol. The van der Waals surface area contributed by atoms with E-state index in [-0.39, 0.29) is 35.5 Å². The van der Waals surface area contributed by atoms with Gasteiger partial charge in [0.25, 0.3) is 0 Å². The van der Waals surface area contributed by atoms with E-state index in [0.29, 0.717) is 12.8 Å². The molecule has 1 saturated carbocycles. The molecule has 2 aromatic rings. The lowest BCUT2D eigenvalue weighted by atomic mass is 9.97. The second kappa shape index (κ2) is 8.90. The van der Waals surface area contributed by atoms with Gasteiger partial charge < -0.3 is 10.1 Å². The number of halogens is 1. The van der Waals surface area contributed by atoms with Crippen molar-refractivity contribution in [3.8, 4) is 0 Å². The van der Waals surface area contributed by atoms with E-state index >= 15 is 0 Å². The smallest absolute Gasteiger partial charge is 0.410 e. The van der Waals surface area contributed by atoms with E-state index < -0.39 is 6.10 Å². The fourth-order valence-electron chi connectivity index (χ4n) is 4.89. The number of tetrazole rings is 1. The molecule has 4 rings (SSSR count). The molecule has 0 bridgehead atoms. The molecular weight excluding hydrogens is 399 g/mol. The molecule has 8 nitrogen and oxygen atoms in total. The zero-order valence-electron chi connectivity index (χ0n) is 18.4. The van der Waals surface area contributed by atoms with Gasteiger partial charge in [0.2, 0.25) is 0 Å². The number of nitrogens with one attached hydrogen (secondary N) is 1. The van der Waals surface area contributed by atoms with E-state index in [1.165, 1.54) is 23.3 Å². The number of rotatable bonds is 4. The van der Waals surface area contributed by atoms with Gasteiger partial charge in [-0.25, -0.2) is 9.18 Å². The minimum absolute atomic E-state index is 0.0958. The standard InChI is InChI=1S/C22H31FN6O2/c1-22(2,3)28(18-5-4-10-24-13-18)21(30)31-20-12-16(15-6-8-17(23)9-7-15)11-19(20)29-26-14-25-27-29/h6-9,14,16,18-20,24H,4-5,10-13H2,1-3H3/t16?,18?,19?,20-/m1/s1. The van der Waals surface area contributed by atoms with Crippen molar-refractivity contribution in [1.82, 2.24) is 30.4 Å². The molecule has 1 aromatic carbocycles. The Hall–Kier alpha value is -2.55. The topological polar surface area (TPSA) is 85.2 Å². The van der Waals surface area contributed by atoms with Crippen LogP contribution in [-0.2, 0) is 4.74 Å². The van der Waals surface area contributed by atoms with Crippen LogP contribution in [0.25, 0.3) is 0 Å². The van der Waals surface area contributed by atoms with Crippen molar-refractivity contribution in [3.63, 3.8) is 0 Å². The summed E-state index contributed by atoms with van der Waals surface area (Å²) in [6.07, 6.45) is 4.00. The van der Waals surface area contributed by atoms with E-state index in [0.717, 1.165) is 31.5 Å². The fourth-order valence-corrected chi connectivity index (χ4v) is 4.89. The summed E-state index contributed by atoms with van der Waals surface area (Å²) in [6.45, 7) is 7.86. The maximum absolute atomic E-state index is 13.4. The number of hydrogen-bond donors (Lipinski definition) is 1. The van der Waals surface area contributed by atoms with Crippen LogP contribution in [-0.4, -0.2) is 62.0 Å². The molecule has 1 aliphatic carbocycles. The van der Waals surface area contributed by atoms with Gasteiger partial charge in [0.15, 0.2) is 6.33 Å². The Kier molecular flexibility index (Phi) is 6.22. The molecule has 2 aliphatic rings.